The molecule has 3 rings (SSSR count). The fourth-order valence-corrected chi connectivity index (χ4v) is 3.40. The van der Waals surface area contributed by atoms with Crippen LogP contribution >= 0.6 is 11.6 Å². The molecule has 0 bridgehead atoms. The average molecular weight is 300 g/mol. The van der Waals surface area contributed by atoms with Gasteiger partial charge >= 0.3 is 0 Å². The molecule has 1 N–H and O–H groups in total. The predicted molar refractivity (Wildman–Crippen MR) is 89.8 cm³/mol. The minimum Gasteiger partial charge on any atom is -0.307 e. The van der Waals surface area contributed by atoms with Crippen LogP contribution in [0.1, 0.15) is 49.3 Å². The Morgan fingerprint density at radius 1 is 1.10 bits per heavy atom. The second kappa shape index (κ2) is 6.64. The lowest BCUT2D eigenvalue weighted by molar-refractivity contribution is 0.262. The van der Waals surface area contributed by atoms with Gasteiger partial charge in [-0.05, 0) is 48.4 Å². The normalized spacial score (nSPS) is 22.6. The van der Waals surface area contributed by atoms with E-state index in [0.717, 1.165) is 11.4 Å². The first-order chi connectivity index (χ1) is 10.3. The predicted octanol–water partition coefficient (Wildman–Crippen LogP) is 5.33. The molecule has 1 unspecified atom stereocenters. The Morgan fingerprint density at radius 3 is 2.52 bits per heavy atom. The standard InChI is InChI=1S/C19H22ClN/c1-2-19(14-7-4-3-5-8-14)21-18-12-16(13-18)15-9-6-10-17(20)11-15/h3-11,16,18-19,21H,2,12-13H2,1H3. The number of rotatable bonds is 5. The maximum absolute atomic E-state index is 6.08. The molecule has 1 aliphatic rings. The van der Waals surface area contributed by atoms with Gasteiger partial charge < -0.3 is 5.32 Å². The number of halogens is 1. The highest BCUT2D eigenvalue weighted by molar-refractivity contribution is 6.30. The zero-order valence-electron chi connectivity index (χ0n) is 12.4. The van der Waals surface area contributed by atoms with Crippen LogP contribution in [0.25, 0.3) is 0 Å². The van der Waals surface area contributed by atoms with Crippen LogP contribution in [0.2, 0.25) is 5.02 Å². The molecule has 1 nitrogen and oxygen atoms in total. The van der Waals surface area contributed by atoms with Crippen molar-refractivity contribution in [3.05, 3.63) is 70.7 Å². The van der Waals surface area contributed by atoms with E-state index < -0.39 is 0 Å². The Balaban J connectivity index is 1.57. The molecule has 0 aromatic heterocycles. The lowest BCUT2D eigenvalue weighted by atomic mass is 9.75. The molecule has 2 heteroatoms. The maximum Gasteiger partial charge on any atom is 0.0408 e. The first kappa shape index (κ1) is 14.6. The van der Waals surface area contributed by atoms with E-state index in [2.05, 4.69) is 60.8 Å². The summed E-state index contributed by atoms with van der Waals surface area (Å²) >= 11 is 6.08. The van der Waals surface area contributed by atoms with Crippen molar-refractivity contribution in [2.75, 3.05) is 0 Å². The number of nitrogens with one attached hydrogen (secondary N) is 1. The van der Waals surface area contributed by atoms with Gasteiger partial charge in [0, 0.05) is 17.1 Å². The molecule has 1 saturated carbocycles. The van der Waals surface area contributed by atoms with Crippen molar-refractivity contribution in [2.24, 2.45) is 0 Å². The highest BCUT2D eigenvalue weighted by Gasteiger charge is 2.31. The smallest absolute Gasteiger partial charge is 0.0408 e. The zero-order valence-corrected chi connectivity index (χ0v) is 13.2. The maximum atomic E-state index is 6.08. The van der Waals surface area contributed by atoms with E-state index in [-0.39, 0.29) is 0 Å². The van der Waals surface area contributed by atoms with E-state index in [4.69, 9.17) is 11.6 Å². The summed E-state index contributed by atoms with van der Waals surface area (Å²) in [5.74, 6) is 0.662. The molecule has 2 aromatic carbocycles. The third kappa shape index (κ3) is 3.48. The molecular formula is C19H22ClN. The molecule has 21 heavy (non-hydrogen) atoms. The van der Waals surface area contributed by atoms with Crippen molar-refractivity contribution in [2.45, 2.75) is 44.2 Å². The third-order valence-corrected chi connectivity index (χ3v) is 4.74. The molecule has 0 amide bonds. The van der Waals surface area contributed by atoms with Gasteiger partial charge in [0.05, 0.1) is 0 Å². The summed E-state index contributed by atoms with van der Waals surface area (Å²) in [4.78, 5) is 0. The quantitative estimate of drug-likeness (QED) is 0.787. The molecule has 1 aliphatic carbocycles. The molecule has 0 saturated heterocycles. The van der Waals surface area contributed by atoms with Crippen molar-refractivity contribution in [3.8, 4) is 0 Å². The van der Waals surface area contributed by atoms with Crippen LogP contribution in [0.3, 0.4) is 0 Å². The van der Waals surface area contributed by atoms with Crippen LogP contribution in [-0.4, -0.2) is 6.04 Å². The van der Waals surface area contributed by atoms with E-state index >= 15 is 0 Å². The van der Waals surface area contributed by atoms with E-state index in [9.17, 15) is 0 Å². The molecule has 0 aliphatic heterocycles. The summed E-state index contributed by atoms with van der Waals surface area (Å²) in [5, 5.41) is 4.65. The van der Waals surface area contributed by atoms with E-state index in [1.165, 1.54) is 24.0 Å². The van der Waals surface area contributed by atoms with Gasteiger partial charge in [-0.15, -0.1) is 0 Å². The Bertz CT molecular complexity index is 575. The second-order valence-corrected chi connectivity index (χ2v) is 6.39. The van der Waals surface area contributed by atoms with Gasteiger partial charge in [-0.25, -0.2) is 0 Å². The van der Waals surface area contributed by atoms with Crippen LogP contribution in [0, 0.1) is 0 Å². The van der Waals surface area contributed by atoms with Crippen molar-refractivity contribution in [1.82, 2.24) is 5.32 Å². The first-order valence-corrected chi connectivity index (χ1v) is 8.20. The molecule has 1 atom stereocenters. The summed E-state index contributed by atoms with van der Waals surface area (Å²) in [6.45, 7) is 2.25. The lowest BCUT2D eigenvalue weighted by Gasteiger charge is -2.39. The van der Waals surface area contributed by atoms with Gasteiger partial charge in [0.2, 0.25) is 0 Å². The fraction of sp³-hybridized carbons (Fsp3) is 0.368. The molecule has 0 heterocycles. The number of hydrogen-bond acceptors (Lipinski definition) is 1. The summed E-state index contributed by atoms with van der Waals surface area (Å²) in [6, 6.07) is 20.1. The van der Waals surface area contributed by atoms with E-state index in [1.54, 1.807) is 0 Å². The number of hydrogen-bond donors (Lipinski definition) is 1. The highest BCUT2D eigenvalue weighted by Crippen LogP contribution is 2.38. The fourth-order valence-electron chi connectivity index (χ4n) is 3.21. The minimum absolute atomic E-state index is 0.469. The minimum atomic E-state index is 0.469. The lowest BCUT2D eigenvalue weighted by Crippen LogP contribution is -2.41. The van der Waals surface area contributed by atoms with E-state index in [1.807, 2.05) is 6.07 Å². The van der Waals surface area contributed by atoms with Gasteiger partial charge in [0.15, 0.2) is 0 Å². The van der Waals surface area contributed by atoms with Gasteiger partial charge in [-0.1, -0.05) is 61.0 Å². The average Bonchev–Trinajstić information content (AvgIpc) is 2.47. The zero-order chi connectivity index (χ0) is 14.7. The molecule has 0 spiro atoms. The topological polar surface area (TPSA) is 12.0 Å². The van der Waals surface area contributed by atoms with E-state index in [0.29, 0.717) is 18.0 Å². The van der Waals surface area contributed by atoms with Gasteiger partial charge in [0.1, 0.15) is 0 Å². The summed E-state index contributed by atoms with van der Waals surface area (Å²) < 4.78 is 0. The Morgan fingerprint density at radius 2 is 1.86 bits per heavy atom. The molecule has 2 aromatic rings. The van der Waals surface area contributed by atoms with Crippen LogP contribution in [-0.2, 0) is 0 Å². The SMILES string of the molecule is CCC(NC1CC(c2cccc(Cl)c2)C1)c1ccccc1. The van der Waals surface area contributed by atoms with Gasteiger partial charge in [0.25, 0.3) is 0 Å². The second-order valence-electron chi connectivity index (χ2n) is 5.96. The molecule has 110 valence electrons. The van der Waals surface area contributed by atoms with Crippen LogP contribution in [0.5, 0.6) is 0 Å². The Hall–Kier alpha value is -1.31. The largest absolute Gasteiger partial charge is 0.307 e. The Labute approximate surface area is 132 Å². The van der Waals surface area contributed by atoms with Gasteiger partial charge in [-0.3, -0.25) is 0 Å². The van der Waals surface area contributed by atoms with Gasteiger partial charge in [-0.2, -0.15) is 0 Å². The van der Waals surface area contributed by atoms with Crippen LogP contribution < -0.4 is 5.32 Å². The molecule has 1 fully saturated rings. The summed E-state index contributed by atoms with van der Waals surface area (Å²) in [6.07, 6.45) is 3.55. The molecule has 0 radical (unpaired) electrons. The highest BCUT2D eigenvalue weighted by atomic mass is 35.5. The van der Waals surface area contributed by atoms with Crippen molar-refractivity contribution in [1.29, 1.82) is 0 Å². The van der Waals surface area contributed by atoms with Crippen LogP contribution in [0.4, 0.5) is 0 Å². The van der Waals surface area contributed by atoms with Crippen LogP contribution in [0.15, 0.2) is 54.6 Å². The van der Waals surface area contributed by atoms with Crippen molar-refractivity contribution in [3.63, 3.8) is 0 Å². The first-order valence-electron chi connectivity index (χ1n) is 7.82. The summed E-state index contributed by atoms with van der Waals surface area (Å²) in [5.41, 5.74) is 2.78. The van der Waals surface area contributed by atoms with Crippen molar-refractivity contribution < 1.29 is 0 Å². The monoisotopic (exact) mass is 299 g/mol. The third-order valence-electron chi connectivity index (χ3n) is 4.51. The molecular weight excluding hydrogens is 278 g/mol. The van der Waals surface area contributed by atoms with Crippen molar-refractivity contribution >= 4 is 11.6 Å². The summed E-state index contributed by atoms with van der Waals surface area (Å²) in [7, 11) is 0. The number of benzene rings is 2. The Kier molecular flexibility index (Phi) is 4.62.